The smallest absolute Gasteiger partial charge is 0.193 e. The van der Waals surface area contributed by atoms with Gasteiger partial charge in [0, 0.05) is 20.6 Å². The third-order valence-corrected chi connectivity index (χ3v) is 2.79. The number of likely N-dealkylation sites (N-methyl/N-ethyl adjacent to an activating group) is 2. The van der Waals surface area contributed by atoms with Gasteiger partial charge in [0.2, 0.25) is 0 Å². The lowest BCUT2D eigenvalue weighted by Crippen LogP contribution is -2.27. The van der Waals surface area contributed by atoms with E-state index in [0.29, 0.717) is 12.0 Å². The lowest BCUT2D eigenvalue weighted by atomic mass is 10.1. The quantitative estimate of drug-likeness (QED) is 0.726. The van der Waals surface area contributed by atoms with Crippen LogP contribution in [0.25, 0.3) is 0 Å². The molecule has 14 heavy (non-hydrogen) atoms. The molecule has 0 spiro atoms. The third kappa shape index (κ3) is 1.35. The van der Waals surface area contributed by atoms with E-state index in [9.17, 15) is 0 Å². The fraction of sp³-hybridized carbons (Fsp3) is 0.364. The van der Waals surface area contributed by atoms with Gasteiger partial charge in [0.15, 0.2) is 5.96 Å². The summed E-state index contributed by atoms with van der Waals surface area (Å²) >= 11 is 0. The first-order valence-electron chi connectivity index (χ1n) is 4.77. The molecule has 0 saturated carbocycles. The molecule has 0 aliphatic carbocycles. The van der Waals surface area contributed by atoms with E-state index in [1.165, 1.54) is 5.56 Å². The summed E-state index contributed by atoms with van der Waals surface area (Å²) in [6.45, 7) is 0.902. The van der Waals surface area contributed by atoms with Crippen molar-refractivity contribution in [1.82, 2.24) is 9.80 Å². The van der Waals surface area contributed by atoms with Crippen molar-refractivity contribution in [3.63, 3.8) is 0 Å². The summed E-state index contributed by atoms with van der Waals surface area (Å²) in [4.78, 5) is 3.98. The Morgan fingerprint density at radius 1 is 1.21 bits per heavy atom. The van der Waals surface area contributed by atoms with Crippen molar-refractivity contribution >= 4 is 5.96 Å². The minimum absolute atomic E-state index is 0.327. The zero-order valence-corrected chi connectivity index (χ0v) is 8.57. The highest BCUT2D eigenvalue weighted by Crippen LogP contribution is 2.25. The minimum atomic E-state index is 0.327. The molecule has 3 nitrogen and oxygen atoms in total. The fourth-order valence-electron chi connectivity index (χ4n) is 1.89. The van der Waals surface area contributed by atoms with Gasteiger partial charge in [-0.1, -0.05) is 30.3 Å². The predicted octanol–water partition coefficient (Wildman–Crippen LogP) is 1.54. The lowest BCUT2D eigenvalue weighted by Gasteiger charge is -2.19. The highest BCUT2D eigenvalue weighted by molar-refractivity contribution is 5.79. The van der Waals surface area contributed by atoms with Crippen LogP contribution in [0.3, 0.4) is 0 Å². The second kappa shape index (κ2) is 3.33. The summed E-state index contributed by atoms with van der Waals surface area (Å²) in [6, 6.07) is 10.7. The van der Waals surface area contributed by atoms with E-state index >= 15 is 0 Å². The van der Waals surface area contributed by atoms with Crippen molar-refractivity contribution in [2.24, 2.45) is 0 Å². The van der Waals surface area contributed by atoms with Gasteiger partial charge in [-0.15, -0.1) is 0 Å². The molecule has 1 saturated heterocycles. The Morgan fingerprint density at radius 2 is 1.86 bits per heavy atom. The molecule has 1 fully saturated rings. The molecule has 0 bridgehead atoms. The van der Waals surface area contributed by atoms with Gasteiger partial charge in [-0.05, 0) is 5.56 Å². The number of guanidine groups is 1. The molecular formula is C11H15N3. The highest BCUT2D eigenvalue weighted by Gasteiger charge is 2.29. The summed E-state index contributed by atoms with van der Waals surface area (Å²) in [5.74, 6) is 0.596. The van der Waals surface area contributed by atoms with Crippen molar-refractivity contribution in [2.45, 2.75) is 6.04 Å². The Hall–Kier alpha value is -1.51. The van der Waals surface area contributed by atoms with E-state index in [1.54, 1.807) is 0 Å². The Balaban J connectivity index is 2.26. The molecule has 1 aromatic rings. The highest BCUT2D eigenvalue weighted by atomic mass is 15.4. The number of benzene rings is 1. The zero-order chi connectivity index (χ0) is 10.1. The van der Waals surface area contributed by atoms with Crippen molar-refractivity contribution in [3.05, 3.63) is 35.9 Å². The molecule has 0 aromatic heterocycles. The molecule has 1 heterocycles. The van der Waals surface area contributed by atoms with Gasteiger partial charge in [0.25, 0.3) is 0 Å². The number of rotatable bonds is 1. The van der Waals surface area contributed by atoms with Gasteiger partial charge in [0.05, 0.1) is 6.04 Å². The monoisotopic (exact) mass is 189 g/mol. The van der Waals surface area contributed by atoms with Crippen molar-refractivity contribution in [2.75, 3.05) is 20.6 Å². The first-order chi connectivity index (χ1) is 6.70. The van der Waals surface area contributed by atoms with Gasteiger partial charge < -0.3 is 9.80 Å². The number of hydrogen-bond donors (Lipinski definition) is 1. The van der Waals surface area contributed by atoms with Crippen LogP contribution in [0.4, 0.5) is 0 Å². The van der Waals surface area contributed by atoms with Gasteiger partial charge >= 0.3 is 0 Å². The summed E-state index contributed by atoms with van der Waals surface area (Å²) < 4.78 is 0. The molecule has 1 N–H and O–H groups in total. The van der Waals surface area contributed by atoms with Gasteiger partial charge in [-0.25, -0.2) is 0 Å². The lowest BCUT2D eigenvalue weighted by molar-refractivity contribution is 0.412. The average Bonchev–Trinajstić information content (AvgIpc) is 2.47. The molecule has 0 unspecified atom stereocenters. The van der Waals surface area contributed by atoms with Crippen LogP contribution in [0.5, 0.6) is 0 Å². The van der Waals surface area contributed by atoms with Crippen molar-refractivity contribution in [3.8, 4) is 0 Å². The van der Waals surface area contributed by atoms with E-state index in [4.69, 9.17) is 5.41 Å². The molecule has 3 heteroatoms. The molecular weight excluding hydrogens is 174 g/mol. The van der Waals surface area contributed by atoms with Gasteiger partial charge in [0.1, 0.15) is 0 Å². The van der Waals surface area contributed by atoms with Crippen LogP contribution in [0.15, 0.2) is 30.3 Å². The maximum atomic E-state index is 7.79. The largest absolute Gasteiger partial charge is 0.344 e. The van der Waals surface area contributed by atoms with Crippen molar-refractivity contribution in [1.29, 1.82) is 5.41 Å². The molecule has 1 aliphatic heterocycles. The normalized spacial score (nSPS) is 21.9. The maximum absolute atomic E-state index is 7.79. The molecule has 0 amide bonds. The number of nitrogens with zero attached hydrogens (tertiary/aromatic N) is 2. The second-order valence-corrected chi connectivity index (χ2v) is 3.74. The first-order valence-corrected chi connectivity index (χ1v) is 4.77. The van der Waals surface area contributed by atoms with Crippen molar-refractivity contribution < 1.29 is 0 Å². The number of nitrogens with one attached hydrogen (secondary N) is 1. The minimum Gasteiger partial charge on any atom is -0.344 e. The summed E-state index contributed by atoms with van der Waals surface area (Å²) in [5, 5.41) is 7.79. The molecule has 0 radical (unpaired) electrons. The standard InChI is InChI=1S/C11H15N3/c1-13-8-10(14(2)11(13)12)9-6-4-3-5-7-9/h3-7,10,12H,8H2,1-2H3/t10-/m1/s1. The molecule has 2 rings (SSSR count). The van der Waals surface area contributed by atoms with E-state index < -0.39 is 0 Å². The predicted molar refractivity (Wildman–Crippen MR) is 57.3 cm³/mol. The Kier molecular flexibility index (Phi) is 2.15. The van der Waals surface area contributed by atoms with Crippen LogP contribution >= 0.6 is 0 Å². The van der Waals surface area contributed by atoms with E-state index in [0.717, 1.165) is 6.54 Å². The Labute approximate surface area is 84.5 Å². The fourth-order valence-corrected chi connectivity index (χ4v) is 1.89. The molecule has 1 aliphatic rings. The SMILES string of the molecule is CN1C[C@H](c2ccccc2)N(C)C1=N. The topological polar surface area (TPSA) is 30.3 Å². The van der Waals surface area contributed by atoms with E-state index in [1.807, 2.05) is 42.1 Å². The van der Waals surface area contributed by atoms with Crippen LogP contribution in [-0.4, -0.2) is 36.4 Å². The first kappa shape index (κ1) is 9.06. The van der Waals surface area contributed by atoms with Crippen LogP contribution < -0.4 is 0 Å². The number of hydrogen-bond acceptors (Lipinski definition) is 1. The van der Waals surface area contributed by atoms with E-state index in [-0.39, 0.29) is 0 Å². The Bertz CT molecular complexity index is 334. The summed E-state index contributed by atoms with van der Waals surface area (Å²) in [5.41, 5.74) is 1.28. The van der Waals surface area contributed by atoms with Crippen LogP contribution in [-0.2, 0) is 0 Å². The summed E-state index contributed by atoms with van der Waals surface area (Å²) in [7, 11) is 3.94. The molecule has 1 aromatic carbocycles. The molecule has 74 valence electrons. The summed E-state index contributed by atoms with van der Waals surface area (Å²) in [6.07, 6.45) is 0. The average molecular weight is 189 g/mol. The van der Waals surface area contributed by atoms with Gasteiger partial charge in [-0.2, -0.15) is 0 Å². The Morgan fingerprint density at radius 3 is 2.36 bits per heavy atom. The zero-order valence-electron chi connectivity index (χ0n) is 8.57. The third-order valence-electron chi connectivity index (χ3n) is 2.79. The van der Waals surface area contributed by atoms with Crippen LogP contribution in [0, 0.1) is 5.41 Å². The maximum Gasteiger partial charge on any atom is 0.193 e. The van der Waals surface area contributed by atoms with Crippen LogP contribution in [0.1, 0.15) is 11.6 Å². The second-order valence-electron chi connectivity index (χ2n) is 3.74. The van der Waals surface area contributed by atoms with Gasteiger partial charge in [-0.3, -0.25) is 5.41 Å². The van der Waals surface area contributed by atoms with E-state index in [2.05, 4.69) is 12.1 Å². The molecule has 1 atom stereocenters. The van der Waals surface area contributed by atoms with Crippen LogP contribution in [0.2, 0.25) is 0 Å².